The smallest absolute Gasteiger partial charge is 0.0411 e. The van der Waals surface area contributed by atoms with Crippen LogP contribution in [0.25, 0.3) is 0 Å². The van der Waals surface area contributed by atoms with Crippen LogP contribution in [0.15, 0.2) is 24.3 Å². The van der Waals surface area contributed by atoms with Gasteiger partial charge in [0.05, 0.1) is 0 Å². The zero-order valence-electron chi connectivity index (χ0n) is 12.4. The van der Waals surface area contributed by atoms with Gasteiger partial charge in [0, 0.05) is 25.3 Å². The molecule has 1 aromatic carbocycles. The Balaban J connectivity index is 1.82. The maximum Gasteiger partial charge on any atom is 0.0411 e. The zero-order valence-corrected chi connectivity index (χ0v) is 12.4. The summed E-state index contributed by atoms with van der Waals surface area (Å²) in [6.07, 6.45) is 3.88. The number of nitrogens with zero attached hydrogens (tertiary/aromatic N) is 2. The highest BCUT2D eigenvalue weighted by Gasteiger charge is 2.14. The lowest BCUT2D eigenvalue weighted by molar-refractivity contribution is 0.394. The number of rotatable bonds is 7. The van der Waals surface area contributed by atoms with Crippen molar-refractivity contribution in [2.45, 2.75) is 25.8 Å². The van der Waals surface area contributed by atoms with Crippen LogP contribution in [0.3, 0.4) is 0 Å². The third kappa shape index (κ3) is 4.51. The Labute approximate surface area is 117 Å². The molecule has 0 spiro atoms. The van der Waals surface area contributed by atoms with E-state index in [0.717, 1.165) is 19.6 Å². The average Bonchev–Trinajstić information content (AvgIpc) is 2.92. The number of hydrogen-bond donors (Lipinski definition) is 1. The molecule has 1 aromatic rings. The number of nitrogens with one attached hydrogen (secondary N) is 1. The predicted molar refractivity (Wildman–Crippen MR) is 82.8 cm³/mol. The molecule has 106 valence electrons. The van der Waals surface area contributed by atoms with Crippen LogP contribution >= 0.6 is 0 Å². The van der Waals surface area contributed by atoms with E-state index >= 15 is 0 Å². The molecule has 1 N–H and O–H groups in total. The molecule has 0 unspecified atom stereocenters. The van der Waals surface area contributed by atoms with E-state index in [-0.39, 0.29) is 0 Å². The minimum Gasteiger partial charge on any atom is -0.371 e. The van der Waals surface area contributed by atoms with Crippen LogP contribution in [0, 0.1) is 0 Å². The van der Waals surface area contributed by atoms with Gasteiger partial charge in [-0.3, -0.25) is 0 Å². The van der Waals surface area contributed by atoms with Gasteiger partial charge >= 0.3 is 0 Å². The summed E-state index contributed by atoms with van der Waals surface area (Å²) in [4.78, 5) is 4.76. The topological polar surface area (TPSA) is 18.5 Å². The van der Waals surface area contributed by atoms with Crippen LogP contribution in [-0.2, 0) is 6.54 Å². The van der Waals surface area contributed by atoms with Crippen molar-refractivity contribution in [2.75, 3.05) is 45.2 Å². The summed E-state index contributed by atoms with van der Waals surface area (Å²) in [5.74, 6) is 0. The number of benzene rings is 1. The quantitative estimate of drug-likeness (QED) is 0.760. The van der Waals surface area contributed by atoms with Gasteiger partial charge < -0.3 is 15.1 Å². The fourth-order valence-electron chi connectivity index (χ4n) is 2.67. The van der Waals surface area contributed by atoms with Gasteiger partial charge in [-0.05, 0) is 58.1 Å². The van der Waals surface area contributed by atoms with Crippen LogP contribution in [0.4, 0.5) is 5.69 Å². The standard InChI is InChI=1S/C16H27N3/c1-18(2)11-7-10-17-14-15-8-3-4-9-16(15)19-12-5-6-13-19/h3-4,8-9,17H,5-7,10-14H2,1-2H3. The van der Waals surface area contributed by atoms with Gasteiger partial charge in [0.15, 0.2) is 0 Å². The predicted octanol–water partition coefficient (Wildman–Crippen LogP) is 2.33. The molecule has 1 heterocycles. The van der Waals surface area contributed by atoms with E-state index < -0.39 is 0 Å². The SMILES string of the molecule is CN(C)CCCNCc1ccccc1N1CCCC1. The molecule has 0 aliphatic carbocycles. The first-order valence-corrected chi connectivity index (χ1v) is 7.45. The van der Waals surface area contributed by atoms with E-state index in [4.69, 9.17) is 0 Å². The number of anilines is 1. The molecule has 19 heavy (non-hydrogen) atoms. The van der Waals surface area contributed by atoms with E-state index in [1.807, 2.05) is 0 Å². The molecule has 0 atom stereocenters. The summed E-state index contributed by atoms with van der Waals surface area (Å²) in [6.45, 7) is 5.67. The van der Waals surface area contributed by atoms with E-state index in [1.165, 1.54) is 43.6 Å². The normalized spacial score (nSPS) is 15.4. The van der Waals surface area contributed by atoms with Crippen molar-refractivity contribution in [3.8, 4) is 0 Å². The van der Waals surface area contributed by atoms with Gasteiger partial charge in [0.2, 0.25) is 0 Å². The van der Waals surface area contributed by atoms with E-state index in [9.17, 15) is 0 Å². The maximum absolute atomic E-state index is 3.57. The second-order valence-electron chi connectivity index (χ2n) is 5.66. The zero-order chi connectivity index (χ0) is 13.5. The van der Waals surface area contributed by atoms with Crippen LogP contribution in [-0.4, -0.2) is 45.2 Å². The lowest BCUT2D eigenvalue weighted by Gasteiger charge is -2.21. The summed E-state index contributed by atoms with van der Waals surface area (Å²) in [5.41, 5.74) is 2.87. The van der Waals surface area contributed by atoms with Crippen LogP contribution in [0.5, 0.6) is 0 Å². The Hall–Kier alpha value is -1.06. The molecule has 2 rings (SSSR count). The molecule has 1 aliphatic heterocycles. The summed E-state index contributed by atoms with van der Waals surface area (Å²) in [6, 6.07) is 8.83. The highest BCUT2D eigenvalue weighted by Crippen LogP contribution is 2.24. The van der Waals surface area contributed by atoms with Crippen molar-refractivity contribution in [2.24, 2.45) is 0 Å². The summed E-state index contributed by atoms with van der Waals surface area (Å²) < 4.78 is 0. The Bertz CT molecular complexity index is 370. The Morgan fingerprint density at radius 2 is 1.89 bits per heavy atom. The second kappa shape index (κ2) is 7.51. The first-order chi connectivity index (χ1) is 9.27. The Kier molecular flexibility index (Phi) is 5.67. The first-order valence-electron chi connectivity index (χ1n) is 7.45. The third-order valence-electron chi connectivity index (χ3n) is 3.71. The Morgan fingerprint density at radius 3 is 2.63 bits per heavy atom. The number of para-hydroxylation sites is 1. The summed E-state index contributed by atoms with van der Waals surface area (Å²) in [7, 11) is 4.26. The van der Waals surface area contributed by atoms with Crippen molar-refractivity contribution in [1.29, 1.82) is 0 Å². The molecular formula is C16H27N3. The van der Waals surface area contributed by atoms with Crippen molar-refractivity contribution in [3.63, 3.8) is 0 Å². The molecule has 0 aromatic heterocycles. The molecule has 3 heteroatoms. The fourth-order valence-corrected chi connectivity index (χ4v) is 2.67. The molecule has 0 radical (unpaired) electrons. The van der Waals surface area contributed by atoms with E-state index in [2.05, 4.69) is 53.5 Å². The first kappa shape index (κ1) is 14.4. The van der Waals surface area contributed by atoms with Crippen molar-refractivity contribution >= 4 is 5.69 Å². The van der Waals surface area contributed by atoms with Crippen molar-refractivity contribution in [3.05, 3.63) is 29.8 Å². The van der Waals surface area contributed by atoms with Gasteiger partial charge in [0.25, 0.3) is 0 Å². The molecule has 3 nitrogen and oxygen atoms in total. The minimum atomic E-state index is 0.986. The molecule has 0 saturated carbocycles. The number of hydrogen-bond acceptors (Lipinski definition) is 3. The van der Waals surface area contributed by atoms with Gasteiger partial charge in [-0.2, -0.15) is 0 Å². The van der Waals surface area contributed by atoms with Crippen molar-refractivity contribution in [1.82, 2.24) is 10.2 Å². The molecule has 1 saturated heterocycles. The van der Waals surface area contributed by atoms with E-state index in [0.29, 0.717) is 0 Å². The maximum atomic E-state index is 3.57. The van der Waals surface area contributed by atoms with Gasteiger partial charge in [-0.25, -0.2) is 0 Å². The second-order valence-corrected chi connectivity index (χ2v) is 5.66. The fraction of sp³-hybridized carbons (Fsp3) is 0.625. The molecule has 0 amide bonds. The largest absolute Gasteiger partial charge is 0.371 e. The van der Waals surface area contributed by atoms with Crippen LogP contribution in [0.1, 0.15) is 24.8 Å². The molecule has 1 fully saturated rings. The van der Waals surface area contributed by atoms with Crippen LogP contribution < -0.4 is 10.2 Å². The van der Waals surface area contributed by atoms with Gasteiger partial charge in [-0.15, -0.1) is 0 Å². The third-order valence-corrected chi connectivity index (χ3v) is 3.71. The van der Waals surface area contributed by atoms with E-state index in [1.54, 1.807) is 0 Å². The lowest BCUT2D eigenvalue weighted by Crippen LogP contribution is -2.23. The molecule has 0 bridgehead atoms. The summed E-state index contributed by atoms with van der Waals surface area (Å²) in [5, 5.41) is 3.57. The van der Waals surface area contributed by atoms with Crippen LogP contribution in [0.2, 0.25) is 0 Å². The van der Waals surface area contributed by atoms with Crippen molar-refractivity contribution < 1.29 is 0 Å². The van der Waals surface area contributed by atoms with Gasteiger partial charge in [-0.1, -0.05) is 18.2 Å². The molecular weight excluding hydrogens is 234 g/mol. The highest BCUT2D eigenvalue weighted by atomic mass is 15.1. The van der Waals surface area contributed by atoms with Gasteiger partial charge in [0.1, 0.15) is 0 Å². The Morgan fingerprint density at radius 1 is 1.16 bits per heavy atom. The lowest BCUT2D eigenvalue weighted by atomic mass is 10.1. The summed E-state index contributed by atoms with van der Waals surface area (Å²) >= 11 is 0. The monoisotopic (exact) mass is 261 g/mol. The molecule has 1 aliphatic rings. The highest BCUT2D eigenvalue weighted by molar-refractivity contribution is 5.54. The average molecular weight is 261 g/mol. The minimum absolute atomic E-state index is 0.986.